The van der Waals surface area contributed by atoms with E-state index in [1.165, 1.54) is 29.8 Å². The Bertz CT molecular complexity index is 730. The van der Waals surface area contributed by atoms with Crippen molar-refractivity contribution in [2.75, 3.05) is 0 Å². The standard InChI is InChI=1S/C20H17F3O/c1-2-3-4-5-16-6-8-17(9-7-16)10-11-18-12-14-19(15-13-18)24-20(21,22)23/h2-3,6-9,12-15H,4-5H2,1H3/b3-2+. The van der Waals surface area contributed by atoms with Crippen molar-refractivity contribution in [2.24, 2.45) is 0 Å². The summed E-state index contributed by atoms with van der Waals surface area (Å²) in [5.41, 5.74) is 2.73. The van der Waals surface area contributed by atoms with Crippen molar-refractivity contribution < 1.29 is 17.9 Å². The molecule has 0 amide bonds. The average Bonchev–Trinajstić information content (AvgIpc) is 2.54. The fourth-order valence-corrected chi connectivity index (χ4v) is 2.06. The van der Waals surface area contributed by atoms with E-state index in [9.17, 15) is 13.2 Å². The van der Waals surface area contributed by atoms with Crippen molar-refractivity contribution in [1.82, 2.24) is 0 Å². The highest BCUT2D eigenvalue weighted by Gasteiger charge is 2.30. The third-order valence-electron chi connectivity index (χ3n) is 3.23. The van der Waals surface area contributed by atoms with Crippen molar-refractivity contribution in [3.8, 4) is 17.6 Å². The van der Waals surface area contributed by atoms with Gasteiger partial charge in [-0.15, -0.1) is 13.2 Å². The molecule has 0 saturated heterocycles. The van der Waals surface area contributed by atoms with Gasteiger partial charge in [0.25, 0.3) is 0 Å². The minimum atomic E-state index is -4.68. The number of benzene rings is 2. The van der Waals surface area contributed by atoms with Gasteiger partial charge in [0.2, 0.25) is 0 Å². The van der Waals surface area contributed by atoms with Gasteiger partial charge in [-0.2, -0.15) is 0 Å². The van der Waals surface area contributed by atoms with Crippen LogP contribution in [0.5, 0.6) is 5.75 Å². The third-order valence-corrected chi connectivity index (χ3v) is 3.23. The lowest BCUT2D eigenvalue weighted by atomic mass is 10.1. The van der Waals surface area contributed by atoms with Crippen LogP contribution in [0.3, 0.4) is 0 Å². The number of hydrogen-bond donors (Lipinski definition) is 0. The molecule has 2 aromatic rings. The van der Waals surface area contributed by atoms with Crippen LogP contribution in [0.25, 0.3) is 0 Å². The molecule has 1 nitrogen and oxygen atoms in total. The molecule has 0 aliphatic carbocycles. The Morgan fingerprint density at radius 3 is 1.96 bits per heavy atom. The van der Waals surface area contributed by atoms with E-state index in [0.717, 1.165) is 18.4 Å². The van der Waals surface area contributed by atoms with E-state index in [4.69, 9.17) is 0 Å². The summed E-state index contributed by atoms with van der Waals surface area (Å²) in [5, 5.41) is 0. The van der Waals surface area contributed by atoms with Gasteiger partial charge < -0.3 is 4.74 Å². The maximum absolute atomic E-state index is 12.1. The Morgan fingerprint density at radius 2 is 1.46 bits per heavy atom. The van der Waals surface area contributed by atoms with Gasteiger partial charge in [0, 0.05) is 11.1 Å². The van der Waals surface area contributed by atoms with Crippen LogP contribution in [0.1, 0.15) is 30.0 Å². The van der Waals surface area contributed by atoms with Crippen LogP contribution in [-0.2, 0) is 6.42 Å². The molecule has 0 N–H and O–H groups in total. The molecule has 0 aromatic heterocycles. The summed E-state index contributed by atoms with van der Waals surface area (Å²) < 4.78 is 40.1. The van der Waals surface area contributed by atoms with Crippen molar-refractivity contribution in [2.45, 2.75) is 26.1 Å². The fraction of sp³-hybridized carbons (Fsp3) is 0.200. The number of hydrogen-bond acceptors (Lipinski definition) is 1. The summed E-state index contributed by atoms with van der Waals surface area (Å²) in [6.45, 7) is 2.00. The topological polar surface area (TPSA) is 9.23 Å². The fourth-order valence-electron chi connectivity index (χ4n) is 2.06. The second-order valence-corrected chi connectivity index (χ2v) is 5.13. The number of alkyl halides is 3. The monoisotopic (exact) mass is 330 g/mol. The number of allylic oxidation sites excluding steroid dienone is 2. The van der Waals surface area contributed by atoms with E-state index in [-0.39, 0.29) is 5.75 Å². The smallest absolute Gasteiger partial charge is 0.406 e. The summed E-state index contributed by atoms with van der Waals surface area (Å²) in [4.78, 5) is 0. The minimum absolute atomic E-state index is 0.251. The first kappa shape index (κ1) is 17.7. The first-order chi connectivity index (χ1) is 11.5. The highest BCUT2D eigenvalue weighted by atomic mass is 19.4. The molecule has 4 heteroatoms. The lowest BCUT2D eigenvalue weighted by Gasteiger charge is -2.07. The number of halogens is 3. The molecular weight excluding hydrogens is 313 g/mol. The molecule has 24 heavy (non-hydrogen) atoms. The number of ether oxygens (including phenoxy) is 1. The van der Waals surface area contributed by atoms with Gasteiger partial charge in [0.1, 0.15) is 5.75 Å². The zero-order valence-electron chi connectivity index (χ0n) is 13.2. The van der Waals surface area contributed by atoms with E-state index in [0.29, 0.717) is 5.56 Å². The molecule has 0 spiro atoms. The van der Waals surface area contributed by atoms with Gasteiger partial charge in [-0.1, -0.05) is 36.1 Å². The zero-order valence-corrected chi connectivity index (χ0v) is 13.2. The highest BCUT2D eigenvalue weighted by molar-refractivity contribution is 5.44. The first-order valence-corrected chi connectivity index (χ1v) is 7.54. The molecular formula is C20H17F3O. The lowest BCUT2D eigenvalue weighted by molar-refractivity contribution is -0.274. The van der Waals surface area contributed by atoms with Crippen LogP contribution in [0.2, 0.25) is 0 Å². The van der Waals surface area contributed by atoms with Crippen molar-refractivity contribution >= 4 is 0 Å². The van der Waals surface area contributed by atoms with Gasteiger partial charge in [-0.3, -0.25) is 0 Å². The molecule has 0 bridgehead atoms. The SMILES string of the molecule is C/C=C/CCc1ccc(C#Cc2ccc(OC(F)(F)F)cc2)cc1. The summed E-state index contributed by atoms with van der Waals surface area (Å²) in [6.07, 6.45) is 1.47. The molecule has 0 fully saturated rings. The Balaban J connectivity index is 1.99. The summed E-state index contributed by atoms with van der Waals surface area (Å²) >= 11 is 0. The van der Waals surface area contributed by atoms with Crippen LogP contribution in [0.4, 0.5) is 13.2 Å². The summed E-state index contributed by atoms with van der Waals surface area (Å²) in [7, 11) is 0. The second kappa shape index (κ2) is 8.26. The first-order valence-electron chi connectivity index (χ1n) is 7.54. The molecule has 0 heterocycles. The molecule has 0 aliphatic heterocycles. The van der Waals surface area contributed by atoms with Crippen LogP contribution in [0.15, 0.2) is 60.7 Å². The summed E-state index contributed by atoms with van der Waals surface area (Å²) in [6, 6.07) is 13.5. The maximum atomic E-state index is 12.1. The number of rotatable bonds is 4. The van der Waals surface area contributed by atoms with Gasteiger partial charge in [0.05, 0.1) is 0 Å². The summed E-state index contributed by atoms with van der Waals surface area (Å²) in [5.74, 6) is 5.67. The third kappa shape index (κ3) is 6.21. The molecule has 0 unspecified atom stereocenters. The van der Waals surface area contributed by atoms with Crippen LogP contribution in [0, 0.1) is 11.8 Å². The van der Waals surface area contributed by atoms with E-state index in [2.05, 4.69) is 22.7 Å². The average molecular weight is 330 g/mol. The van der Waals surface area contributed by atoms with Crippen molar-refractivity contribution in [1.29, 1.82) is 0 Å². The van der Waals surface area contributed by atoms with Crippen molar-refractivity contribution in [3.63, 3.8) is 0 Å². The largest absolute Gasteiger partial charge is 0.573 e. The van der Waals surface area contributed by atoms with E-state index in [1.807, 2.05) is 37.3 Å². The zero-order chi connectivity index (χ0) is 17.4. The Morgan fingerprint density at radius 1 is 0.917 bits per heavy atom. The maximum Gasteiger partial charge on any atom is 0.573 e. The molecule has 0 saturated carbocycles. The molecule has 2 rings (SSSR count). The van der Waals surface area contributed by atoms with E-state index in [1.54, 1.807) is 0 Å². The quantitative estimate of drug-likeness (QED) is 0.532. The van der Waals surface area contributed by atoms with Gasteiger partial charge >= 0.3 is 6.36 Å². The minimum Gasteiger partial charge on any atom is -0.406 e. The molecule has 0 aliphatic rings. The lowest BCUT2D eigenvalue weighted by Crippen LogP contribution is -2.16. The van der Waals surface area contributed by atoms with Crippen molar-refractivity contribution in [3.05, 3.63) is 77.4 Å². The molecule has 124 valence electrons. The highest BCUT2D eigenvalue weighted by Crippen LogP contribution is 2.22. The van der Waals surface area contributed by atoms with Crippen LogP contribution >= 0.6 is 0 Å². The molecule has 2 aromatic carbocycles. The Kier molecular flexibility index (Phi) is 6.08. The van der Waals surface area contributed by atoms with Gasteiger partial charge in [0.15, 0.2) is 0 Å². The van der Waals surface area contributed by atoms with Crippen LogP contribution < -0.4 is 4.74 Å². The normalized spacial score (nSPS) is 11.2. The Labute approximate surface area is 139 Å². The second-order valence-electron chi connectivity index (χ2n) is 5.13. The molecule has 0 atom stereocenters. The predicted octanol–water partition coefficient (Wildman–Crippen LogP) is 5.49. The number of aryl methyl sites for hydroxylation is 1. The van der Waals surface area contributed by atoms with E-state index < -0.39 is 6.36 Å². The molecule has 0 radical (unpaired) electrons. The predicted molar refractivity (Wildman–Crippen MR) is 88.7 cm³/mol. The van der Waals surface area contributed by atoms with Crippen LogP contribution in [-0.4, -0.2) is 6.36 Å². The van der Waals surface area contributed by atoms with Gasteiger partial charge in [-0.25, -0.2) is 0 Å². The van der Waals surface area contributed by atoms with E-state index >= 15 is 0 Å². The Hall–Kier alpha value is -2.67. The van der Waals surface area contributed by atoms with Gasteiger partial charge in [-0.05, 0) is 61.7 Å².